The third-order valence-electron chi connectivity index (χ3n) is 0.919. The van der Waals surface area contributed by atoms with Gasteiger partial charge in [-0.2, -0.15) is 0 Å². The van der Waals surface area contributed by atoms with Gasteiger partial charge >= 0.3 is 6.09 Å². The Balaban J connectivity index is 3.77. The van der Waals surface area contributed by atoms with E-state index in [9.17, 15) is 4.79 Å². The molecule has 0 aromatic heterocycles. The number of nitrogens with one attached hydrogen (secondary N) is 1. The fourth-order valence-corrected chi connectivity index (χ4v) is 0.653. The van der Waals surface area contributed by atoms with Crippen LogP contribution in [0.15, 0.2) is 10.6 Å². The Morgan fingerprint density at radius 2 is 2.08 bits per heavy atom. The smallest absolute Gasteiger partial charge is 0.407 e. The highest BCUT2D eigenvalue weighted by atomic mass is 35.5. The van der Waals surface area contributed by atoms with Gasteiger partial charge in [0.15, 0.2) is 0 Å². The van der Waals surface area contributed by atoms with Gasteiger partial charge in [-0.05, 0) is 20.8 Å². The number of halogens is 2. The van der Waals surface area contributed by atoms with Crippen LogP contribution in [0, 0.1) is 0 Å². The first-order chi connectivity index (χ1) is 5.85. The zero-order valence-electron chi connectivity index (χ0n) is 7.86. The van der Waals surface area contributed by atoms with Gasteiger partial charge in [0.25, 0.3) is 0 Å². The minimum atomic E-state index is -0.510. The van der Waals surface area contributed by atoms with Crippen LogP contribution in [0.2, 0.25) is 0 Å². The Labute approximate surface area is 88.0 Å². The molecule has 0 aromatic carbocycles. The standard InChI is InChI=1S/C8H13Cl2NO2/c1-8(2,3)13-7(12)11-5-6(10)4-9/h4H,5H2,1-3H3,(H,11,12)/b6-4-. The van der Waals surface area contributed by atoms with Gasteiger partial charge in [-0.3, -0.25) is 0 Å². The van der Waals surface area contributed by atoms with Crippen molar-refractivity contribution in [2.24, 2.45) is 0 Å². The lowest BCUT2D eigenvalue weighted by molar-refractivity contribution is 0.0533. The molecule has 0 unspecified atom stereocenters. The van der Waals surface area contributed by atoms with Crippen molar-refractivity contribution in [1.82, 2.24) is 5.32 Å². The van der Waals surface area contributed by atoms with Crippen molar-refractivity contribution < 1.29 is 9.53 Å². The predicted octanol–water partition coefficient (Wildman–Crippen LogP) is 2.83. The Morgan fingerprint density at radius 1 is 1.54 bits per heavy atom. The van der Waals surface area contributed by atoms with Crippen molar-refractivity contribution in [2.45, 2.75) is 26.4 Å². The van der Waals surface area contributed by atoms with Crippen molar-refractivity contribution >= 4 is 29.3 Å². The van der Waals surface area contributed by atoms with Crippen molar-refractivity contribution in [3.8, 4) is 0 Å². The molecule has 0 aromatic rings. The highest BCUT2D eigenvalue weighted by Crippen LogP contribution is 2.07. The maximum Gasteiger partial charge on any atom is 0.407 e. The first-order valence-corrected chi connectivity index (χ1v) is 4.58. The Morgan fingerprint density at radius 3 is 2.46 bits per heavy atom. The average Bonchev–Trinajstić information content (AvgIpc) is 1.97. The zero-order chi connectivity index (χ0) is 10.5. The number of carbonyl (C=O) groups excluding carboxylic acids is 1. The normalized spacial score (nSPS) is 12.5. The molecule has 0 aliphatic carbocycles. The van der Waals surface area contributed by atoms with Crippen LogP contribution in [0.25, 0.3) is 0 Å². The van der Waals surface area contributed by atoms with Gasteiger partial charge in [-0.25, -0.2) is 4.79 Å². The number of amides is 1. The molecule has 1 N–H and O–H groups in total. The van der Waals surface area contributed by atoms with Crippen molar-refractivity contribution in [1.29, 1.82) is 0 Å². The minimum Gasteiger partial charge on any atom is -0.444 e. The van der Waals surface area contributed by atoms with E-state index in [1.54, 1.807) is 20.8 Å². The number of alkyl carbamates (subject to hydrolysis) is 1. The molecule has 3 nitrogen and oxygen atoms in total. The highest BCUT2D eigenvalue weighted by molar-refractivity contribution is 6.36. The molecule has 0 heterocycles. The van der Waals surface area contributed by atoms with E-state index in [1.807, 2.05) is 0 Å². The summed E-state index contributed by atoms with van der Waals surface area (Å²) >= 11 is 10.8. The van der Waals surface area contributed by atoms with E-state index in [4.69, 9.17) is 27.9 Å². The fourth-order valence-electron chi connectivity index (χ4n) is 0.509. The van der Waals surface area contributed by atoms with Gasteiger partial charge in [0.05, 0.1) is 6.54 Å². The molecule has 0 aliphatic rings. The molecule has 0 spiro atoms. The van der Waals surface area contributed by atoms with E-state index < -0.39 is 11.7 Å². The molecular formula is C8H13Cl2NO2. The average molecular weight is 226 g/mol. The summed E-state index contributed by atoms with van der Waals surface area (Å²) in [6, 6.07) is 0. The SMILES string of the molecule is CC(C)(C)OC(=O)NC/C(Cl)=C/Cl. The quantitative estimate of drug-likeness (QED) is 0.786. The maximum atomic E-state index is 11.0. The molecule has 0 fully saturated rings. The molecule has 76 valence electrons. The summed E-state index contributed by atoms with van der Waals surface area (Å²) in [6.45, 7) is 5.53. The fraction of sp³-hybridized carbons (Fsp3) is 0.625. The summed E-state index contributed by atoms with van der Waals surface area (Å²) in [4.78, 5) is 11.0. The minimum absolute atomic E-state index is 0.181. The first kappa shape index (κ1) is 12.6. The number of ether oxygens (including phenoxy) is 1. The summed E-state index contributed by atoms with van der Waals surface area (Å²) in [7, 11) is 0. The molecule has 0 radical (unpaired) electrons. The lowest BCUT2D eigenvalue weighted by Gasteiger charge is -2.19. The summed E-state index contributed by atoms with van der Waals surface area (Å²) in [5.74, 6) is 0. The molecule has 5 heteroatoms. The molecular weight excluding hydrogens is 213 g/mol. The van der Waals surface area contributed by atoms with Crippen molar-refractivity contribution in [3.05, 3.63) is 10.6 Å². The van der Waals surface area contributed by atoms with Gasteiger partial charge in [0.1, 0.15) is 5.60 Å². The molecule has 0 saturated carbocycles. The molecule has 0 aliphatic heterocycles. The molecule has 13 heavy (non-hydrogen) atoms. The Hall–Kier alpha value is -0.410. The van der Waals surface area contributed by atoms with E-state index in [0.717, 1.165) is 0 Å². The molecule has 0 saturated heterocycles. The van der Waals surface area contributed by atoms with Crippen LogP contribution in [0.4, 0.5) is 4.79 Å². The summed E-state index contributed by atoms with van der Waals surface area (Å²) in [5, 5.41) is 2.80. The van der Waals surface area contributed by atoms with Crippen LogP contribution in [0.3, 0.4) is 0 Å². The first-order valence-electron chi connectivity index (χ1n) is 3.77. The Kier molecular flexibility index (Phi) is 5.18. The van der Waals surface area contributed by atoms with Gasteiger partial charge < -0.3 is 10.1 Å². The van der Waals surface area contributed by atoms with E-state index in [2.05, 4.69) is 5.32 Å². The van der Waals surface area contributed by atoms with E-state index in [1.165, 1.54) is 5.54 Å². The van der Waals surface area contributed by atoms with Crippen LogP contribution in [-0.2, 0) is 4.74 Å². The van der Waals surface area contributed by atoms with Crippen LogP contribution in [-0.4, -0.2) is 18.2 Å². The number of carbonyl (C=O) groups is 1. The van der Waals surface area contributed by atoms with Crippen LogP contribution in [0.1, 0.15) is 20.8 Å². The third kappa shape index (κ3) is 7.94. The second-order valence-corrected chi connectivity index (χ2v) is 4.12. The largest absolute Gasteiger partial charge is 0.444 e. The number of hydrogen-bond donors (Lipinski definition) is 1. The predicted molar refractivity (Wildman–Crippen MR) is 54.0 cm³/mol. The molecule has 0 atom stereocenters. The highest BCUT2D eigenvalue weighted by Gasteiger charge is 2.15. The summed E-state index contributed by atoms with van der Waals surface area (Å²) < 4.78 is 4.95. The van der Waals surface area contributed by atoms with E-state index in [-0.39, 0.29) is 6.54 Å². The second-order valence-electron chi connectivity index (χ2n) is 3.41. The van der Waals surface area contributed by atoms with E-state index in [0.29, 0.717) is 5.03 Å². The van der Waals surface area contributed by atoms with Crippen LogP contribution < -0.4 is 5.32 Å². The van der Waals surface area contributed by atoms with Crippen LogP contribution in [0.5, 0.6) is 0 Å². The third-order valence-corrected chi connectivity index (χ3v) is 1.54. The lowest BCUT2D eigenvalue weighted by atomic mass is 10.2. The zero-order valence-corrected chi connectivity index (χ0v) is 9.37. The van der Waals surface area contributed by atoms with Gasteiger partial charge in [0.2, 0.25) is 0 Å². The van der Waals surface area contributed by atoms with Gasteiger partial charge in [0, 0.05) is 10.6 Å². The molecule has 0 rings (SSSR count). The number of hydrogen-bond acceptors (Lipinski definition) is 2. The maximum absolute atomic E-state index is 11.0. The molecule has 0 bridgehead atoms. The van der Waals surface area contributed by atoms with Gasteiger partial charge in [-0.15, -0.1) is 0 Å². The van der Waals surface area contributed by atoms with Crippen molar-refractivity contribution in [3.63, 3.8) is 0 Å². The Bertz CT molecular complexity index is 209. The van der Waals surface area contributed by atoms with E-state index >= 15 is 0 Å². The topological polar surface area (TPSA) is 38.3 Å². The lowest BCUT2D eigenvalue weighted by Crippen LogP contribution is -2.33. The summed E-state index contributed by atoms with van der Waals surface area (Å²) in [5.41, 5.74) is 0.695. The van der Waals surface area contributed by atoms with Gasteiger partial charge in [-0.1, -0.05) is 23.2 Å². The monoisotopic (exact) mass is 225 g/mol. The number of rotatable bonds is 2. The summed E-state index contributed by atoms with van der Waals surface area (Å²) in [6.07, 6.45) is -0.510. The van der Waals surface area contributed by atoms with Crippen molar-refractivity contribution in [2.75, 3.05) is 6.54 Å². The second kappa shape index (κ2) is 5.35. The van der Waals surface area contributed by atoms with Crippen LogP contribution >= 0.6 is 23.2 Å². The molecule has 1 amide bonds.